The van der Waals surface area contributed by atoms with Crippen molar-refractivity contribution in [2.24, 2.45) is 5.73 Å². The third-order valence-corrected chi connectivity index (χ3v) is 2.44. The van der Waals surface area contributed by atoms with Crippen molar-refractivity contribution in [2.45, 2.75) is 12.5 Å². The third-order valence-electron chi connectivity index (χ3n) is 2.44. The molecule has 2 nitrogen and oxygen atoms in total. The smallest absolute Gasteiger partial charge is 0.194 e. The molecule has 2 N–H and O–H groups in total. The molecule has 1 aromatic carbocycles. The fourth-order valence-electron chi connectivity index (χ4n) is 1.59. The van der Waals surface area contributed by atoms with Crippen LogP contribution in [0.5, 0.6) is 0 Å². The minimum atomic E-state index is -1.51. The fraction of sp³-hybridized carbons (Fsp3) is 0.273. The number of hydrogen-bond acceptors (Lipinski definition) is 2. The van der Waals surface area contributed by atoms with E-state index in [1.807, 2.05) is 0 Å². The van der Waals surface area contributed by atoms with Gasteiger partial charge in [0.05, 0.1) is 12.6 Å². The molecule has 86 valence electrons. The lowest BCUT2D eigenvalue weighted by Gasteiger charge is -2.14. The van der Waals surface area contributed by atoms with Gasteiger partial charge in [0.15, 0.2) is 17.5 Å². The Kier molecular flexibility index (Phi) is 2.87. The van der Waals surface area contributed by atoms with Crippen LogP contribution in [0.1, 0.15) is 18.0 Å². The van der Waals surface area contributed by atoms with Crippen LogP contribution in [0.2, 0.25) is 0 Å². The number of rotatable bonds is 2. The zero-order chi connectivity index (χ0) is 11.7. The van der Waals surface area contributed by atoms with Gasteiger partial charge in [0.25, 0.3) is 0 Å². The summed E-state index contributed by atoms with van der Waals surface area (Å²) in [5.74, 6) is -3.60. The predicted octanol–water partition coefficient (Wildman–Crippen LogP) is 2.41. The summed E-state index contributed by atoms with van der Waals surface area (Å²) in [6.45, 7) is 0.480. The van der Waals surface area contributed by atoms with Gasteiger partial charge in [0, 0.05) is 12.0 Å². The second-order valence-electron chi connectivity index (χ2n) is 3.49. The molecule has 1 aromatic rings. The van der Waals surface area contributed by atoms with E-state index in [9.17, 15) is 13.2 Å². The first kappa shape index (κ1) is 11.0. The monoisotopic (exact) mass is 229 g/mol. The highest BCUT2D eigenvalue weighted by molar-refractivity contribution is 5.29. The Morgan fingerprint density at radius 2 is 1.94 bits per heavy atom. The molecule has 16 heavy (non-hydrogen) atoms. The summed E-state index contributed by atoms with van der Waals surface area (Å²) in [6, 6.07) is 1.09. The molecule has 0 saturated carbocycles. The largest absolute Gasteiger partial charge is 0.496 e. The molecule has 0 aromatic heterocycles. The van der Waals surface area contributed by atoms with Crippen LogP contribution in [0.25, 0.3) is 0 Å². The highest BCUT2D eigenvalue weighted by Crippen LogP contribution is 2.27. The van der Waals surface area contributed by atoms with Crippen molar-refractivity contribution < 1.29 is 17.9 Å². The first-order chi connectivity index (χ1) is 7.61. The SMILES string of the molecule is NC(C1=CCCO1)c1ccc(F)c(F)c1F. The van der Waals surface area contributed by atoms with Gasteiger partial charge in [-0.3, -0.25) is 0 Å². The second-order valence-corrected chi connectivity index (χ2v) is 3.49. The molecule has 1 heterocycles. The lowest BCUT2D eigenvalue weighted by Crippen LogP contribution is -2.16. The second kappa shape index (κ2) is 4.17. The summed E-state index contributed by atoms with van der Waals surface area (Å²) in [5, 5.41) is 0. The van der Waals surface area contributed by atoms with E-state index in [1.54, 1.807) is 6.08 Å². The van der Waals surface area contributed by atoms with Crippen LogP contribution in [0.15, 0.2) is 24.0 Å². The molecule has 0 amide bonds. The number of nitrogens with two attached hydrogens (primary N) is 1. The van der Waals surface area contributed by atoms with Crippen LogP contribution in [0.3, 0.4) is 0 Å². The van der Waals surface area contributed by atoms with Gasteiger partial charge in [-0.25, -0.2) is 13.2 Å². The maximum Gasteiger partial charge on any atom is 0.194 e. The summed E-state index contributed by atoms with van der Waals surface area (Å²) in [7, 11) is 0. The van der Waals surface area contributed by atoms with Crippen LogP contribution in [0, 0.1) is 17.5 Å². The van der Waals surface area contributed by atoms with Gasteiger partial charge in [0.2, 0.25) is 0 Å². The van der Waals surface area contributed by atoms with Crippen LogP contribution >= 0.6 is 0 Å². The highest BCUT2D eigenvalue weighted by atomic mass is 19.2. The van der Waals surface area contributed by atoms with Gasteiger partial charge in [-0.2, -0.15) is 0 Å². The van der Waals surface area contributed by atoms with E-state index in [4.69, 9.17) is 10.5 Å². The lowest BCUT2D eigenvalue weighted by atomic mass is 10.0. The van der Waals surface area contributed by atoms with Gasteiger partial charge < -0.3 is 10.5 Å². The predicted molar refractivity (Wildman–Crippen MR) is 51.9 cm³/mol. The maximum absolute atomic E-state index is 13.4. The van der Waals surface area contributed by atoms with Crippen molar-refractivity contribution in [3.63, 3.8) is 0 Å². The van der Waals surface area contributed by atoms with Crippen molar-refractivity contribution in [3.05, 3.63) is 47.0 Å². The summed E-state index contributed by atoms with van der Waals surface area (Å²) in [6.07, 6.45) is 2.40. The number of benzene rings is 1. The Labute approximate surface area is 90.5 Å². The first-order valence-corrected chi connectivity index (χ1v) is 4.83. The zero-order valence-corrected chi connectivity index (χ0v) is 8.34. The molecule has 0 radical (unpaired) electrons. The van der Waals surface area contributed by atoms with E-state index in [0.717, 1.165) is 12.1 Å². The molecule has 0 saturated heterocycles. The minimum Gasteiger partial charge on any atom is -0.496 e. The van der Waals surface area contributed by atoms with Gasteiger partial charge in [-0.15, -0.1) is 0 Å². The van der Waals surface area contributed by atoms with Gasteiger partial charge in [0.1, 0.15) is 5.76 Å². The standard InChI is InChI=1S/C11H10F3NO/c12-7-4-3-6(9(13)10(7)14)11(15)8-2-1-5-16-8/h2-4,11H,1,5,15H2. The van der Waals surface area contributed by atoms with Crippen molar-refractivity contribution >= 4 is 0 Å². The first-order valence-electron chi connectivity index (χ1n) is 4.83. The number of ether oxygens (including phenoxy) is 1. The number of halogens is 3. The molecule has 1 aliphatic rings. The Balaban J connectivity index is 2.37. The average Bonchev–Trinajstić information content (AvgIpc) is 2.79. The average molecular weight is 229 g/mol. The van der Waals surface area contributed by atoms with Crippen molar-refractivity contribution in [1.82, 2.24) is 0 Å². The summed E-state index contributed by atoms with van der Waals surface area (Å²) < 4.78 is 44.2. The summed E-state index contributed by atoms with van der Waals surface area (Å²) in [5.41, 5.74) is 5.59. The van der Waals surface area contributed by atoms with E-state index in [0.29, 0.717) is 18.8 Å². The molecule has 0 bridgehead atoms. The Bertz CT molecular complexity index is 445. The van der Waals surface area contributed by atoms with Crippen LogP contribution in [0.4, 0.5) is 13.2 Å². The molecule has 1 atom stereocenters. The molecule has 0 aliphatic carbocycles. The maximum atomic E-state index is 13.4. The Hall–Kier alpha value is -1.49. The molecule has 1 aliphatic heterocycles. The van der Waals surface area contributed by atoms with E-state index in [2.05, 4.69) is 0 Å². The summed E-state index contributed by atoms with van der Waals surface area (Å²) in [4.78, 5) is 0. The van der Waals surface area contributed by atoms with Gasteiger partial charge in [-0.1, -0.05) is 6.07 Å². The van der Waals surface area contributed by atoms with E-state index in [-0.39, 0.29) is 5.56 Å². The lowest BCUT2D eigenvalue weighted by molar-refractivity contribution is 0.224. The normalized spacial score (nSPS) is 16.9. The van der Waals surface area contributed by atoms with Gasteiger partial charge >= 0.3 is 0 Å². The summed E-state index contributed by atoms with van der Waals surface area (Å²) >= 11 is 0. The zero-order valence-electron chi connectivity index (χ0n) is 8.34. The van der Waals surface area contributed by atoms with Crippen LogP contribution < -0.4 is 5.73 Å². The quantitative estimate of drug-likeness (QED) is 0.790. The molecule has 5 heteroatoms. The van der Waals surface area contributed by atoms with Crippen LogP contribution in [-0.2, 0) is 4.74 Å². The van der Waals surface area contributed by atoms with Crippen molar-refractivity contribution in [3.8, 4) is 0 Å². The molecule has 0 spiro atoms. The Morgan fingerprint density at radius 1 is 1.19 bits per heavy atom. The molecule has 2 rings (SSSR count). The highest BCUT2D eigenvalue weighted by Gasteiger charge is 2.23. The number of hydrogen-bond donors (Lipinski definition) is 1. The van der Waals surface area contributed by atoms with E-state index >= 15 is 0 Å². The fourth-order valence-corrected chi connectivity index (χ4v) is 1.59. The molecule has 0 fully saturated rings. The third kappa shape index (κ3) is 1.78. The van der Waals surface area contributed by atoms with Crippen molar-refractivity contribution in [1.29, 1.82) is 0 Å². The molecule has 1 unspecified atom stereocenters. The van der Waals surface area contributed by atoms with E-state index < -0.39 is 23.5 Å². The van der Waals surface area contributed by atoms with Crippen molar-refractivity contribution in [2.75, 3.05) is 6.61 Å². The molecular formula is C11H10F3NO. The topological polar surface area (TPSA) is 35.2 Å². The van der Waals surface area contributed by atoms with Crippen LogP contribution in [-0.4, -0.2) is 6.61 Å². The minimum absolute atomic E-state index is 0.105. The van der Waals surface area contributed by atoms with Gasteiger partial charge in [-0.05, 0) is 12.1 Å². The van der Waals surface area contributed by atoms with E-state index in [1.165, 1.54) is 0 Å². The Morgan fingerprint density at radius 3 is 2.56 bits per heavy atom. The molecular weight excluding hydrogens is 219 g/mol.